The predicted molar refractivity (Wildman–Crippen MR) is 72.6 cm³/mol. The van der Waals surface area contributed by atoms with Crippen LogP contribution < -0.4 is 15.0 Å². The van der Waals surface area contributed by atoms with Crippen LogP contribution in [0.2, 0.25) is 0 Å². The number of hydrogen-bond donors (Lipinski definition) is 1. The Morgan fingerprint density at radius 1 is 1.05 bits per heavy atom. The molecule has 1 aromatic carbocycles. The molecule has 0 spiro atoms. The van der Waals surface area contributed by atoms with Crippen LogP contribution in [0, 0.1) is 0 Å². The maximum Gasteiger partial charge on any atom is 0.264 e. The van der Waals surface area contributed by atoms with Gasteiger partial charge in [-0.2, -0.15) is 5.10 Å². The number of aromatic nitrogens is 2. The van der Waals surface area contributed by atoms with E-state index in [1.54, 1.807) is 6.20 Å². The Morgan fingerprint density at radius 2 is 1.79 bits per heavy atom. The molecule has 0 aliphatic heterocycles. The highest BCUT2D eigenvalue weighted by Gasteiger charge is 2.08. The first-order valence-corrected chi connectivity index (χ1v) is 6.19. The molecular weight excluding hydrogens is 244 g/mol. The molecule has 0 amide bonds. The van der Waals surface area contributed by atoms with Crippen LogP contribution in [0.1, 0.15) is 13.8 Å². The molecule has 1 N–H and O–H groups in total. The van der Waals surface area contributed by atoms with E-state index in [2.05, 4.69) is 10.2 Å². The second-order valence-corrected chi connectivity index (χ2v) is 3.86. The van der Waals surface area contributed by atoms with E-state index in [-0.39, 0.29) is 5.56 Å². The molecule has 0 saturated carbocycles. The second kappa shape index (κ2) is 6.04. The molecule has 0 bridgehead atoms. The summed E-state index contributed by atoms with van der Waals surface area (Å²) in [5, 5.41) is 6.14. The molecule has 0 radical (unpaired) electrons. The van der Waals surface area contributed by atoms with Crippen molar-refractivity contribution in [1.82, 2.24) is 10.2 Å². The van der Waals surface area contributed by atoms with Gasteiger partial charge in [0.05, 0.1) is 19.4 Å². The van der Waals surface area contributed by atoms with Gasteiger partial charge >= 0.3 is 0 Å². The van der Waals surface area contributed by atoms with Crippen LogP contribution in [0.3, 0.4) is 0 Å². The molecule has 5 nitrogen and oxygen atoms in total. The summed E-state index contributed by atoms with van der Waals surface area (Å²) in [7, 11) is 0. The lowest BCUT2D eigenvalue weighted by Gasteiger charge is -2.12. The van der Waals surface area contributed by atoms with Crippen LogP contribution in [0.4, 0.5) is 0 Å². The van der Waals surface area contributed by atoms with Crippen molar-refractivity contribution in [2.75, 3.05) is 13.2 Å². The largest absolute Gasteiger partial charge is 0.490 e. The normalized spacial score (nSPS) is 10.2. The Labute approximate surface area is 111 Å². The average Bonchev–Trinajstić information content (AvgIpc) is 2.41. The van der Waals surface area contributed by atoms with Crippen LogP contribution in [-0.2, 0) is 0 Å². The van der Waals surface area contributed by atoms with Gasteiger partial charge in [0, 0.05) is 11.6 Å². The van der Waals surface area contributed by atoms with Crippen LogP contribution in [0.25, 0.3) is 11.1 Å². The van der Waals surface area contributed by atoms with E-state index in [1.807, 2.05) is 32.0 Å². The van der Waals surface area contributed by atoms with E-state index in [9.17, 15) is 4.79 Å². The van der Waals surface area contributed by atoms with Crippen molar-refractivity contribution in [2.45, 2.75) is 13.8 Å². The van der Waals surface area contributed by atoms with Crippen LogP contribution in [0.15, 0.2) is 35.3 Å². The van der Waals surface area contributed by atoms with E-state index in [4.69, 9.17) is 9.47 Å². The minimum absolute atomic E-state index is 0.232. The fraction of sp³-hybridized carbons (Fsp3) is 0.286. The molecule has 19 heavy (non-hydrogen) atoms. The van der Waals surface area contributed by atoms with E-state index < -0.39 is 0 Å². The van der Waals surface area contributed by atoms with Gasteiger partial charge in [0.2, 0.25) is 0 Å². The molecule has 5 heteroatoms. The predicted octanol–water partition coefficient (Wildman–Crippen LogP) is 2.23. The van der Waals surface area contributed by atoms with Crippen LogP contribution >= 0.6 is 0 Å². The quantitative estimate of drug-likeness (QED) is 0.895. The number of nitrogens with zero attached hydrogens (tertiary/aromatic N) is 1. The van der Waals surface area contributed by atoms with Gasteiger partial charge in [0.25, 0.3) is 5.56 Å². The van der Waals surface area contributed by atoms with Crippen molar-refractivity contribution in [1.29, 1.82) is 0 Å². The molecule has 2 rings (SSSR count). The van der Waals surface area contributed by atoms with E-state index >= 15 is 0 Å². The first-order chi connectivity index (χ1) is 9.24. The molecule has 1 heterocycles. The molecule has 100 valence electrons. The highest BCUT2D eigenvalue weighted by Crippen LogP contribution is 2.32. The van der Waals surface area contributed by atoms with Crippen molar-refractivity contribution >= 4 is 0 Å². The Morgan fingerprint density at radius 3 is 2.47 bits per heavy atom. The SMILES string of the molecule is CCOc1ccc(-c2cn[nH]c(=O)c2)cc1OCC. The minimum atomic E-state index is -0.232. The fourth-order valence-electron chi connectivity index (χ4n) is 1.76. The molecule has 0 aliphatic carbocycles. The van der Waals surface area contributed by atoms with Crippen molar-refractivity contribution in [3.63, 3.8) is 0 Å². The molecule has 2 aromatic rings. The van der Waals surface area contributed by atoms with Crippen LogP contribution in [-0.4, -0.2) is 23.4 Å². The Kier molecular flexibility index (Phi) is 4.18. The first kappa shape index (κ1) is 13.1. The number of benzene rings is 1. The van der Waals surface area contributed by atoms with Crippen LogP contribution in [0.5, 0.6) is 11.5 Å². The molecule has 1 aromatic heterocycles. The number of aromatic amines is 1. The fourth-order valence-corrected chi connectivity index (χ4v) is 1.76. The third kappa shape index (κ3) is 3.13. The first-order valence-electron chi connectivity index (χ1n) is 6.19. The Hall–Kier alpha value is -2.30. The maximum atomic E-state index is 11.3. The number of nitrogens with one attached hydrogen (secondary N) is 1. The van der Waals surface area contributed by atoms with Gasteiger partial charge in [-0.05, 0) is 31.5 Å². The summed E-state index contributed by atoms with van der Waals surface area (Å²) < 4.78 is 11.0. The zero-order chi connectivity index (χ0) is 13.7. The number of hydrogen-bond acceptors (Lipinski definition) is 4. The lowest BCUT2D eigenvalue weighted by Crippen LogP contribution is -2.05. The molecule has 0 atom stereocenters. The lowest BCUT2D eigenvalue weighted by atomic mass is 10.1. The highest BCUT2D eigenvalue weighted by molar-refractivity contribution is 5.66. The molecule has 0 saturated heterocycles. The van der Waals surface area contributed by atoms with Crippen molar-refractivity contribution in [3.05, 3.63) is 40.8 Å². The zero-order valence-corrected chi connectivity index (χ0v) is 11.0. The molecule has 0 fully saturated rings. The summed E-state index contributed by atoms with van der Waals surface area (Å²) >= 11 is 0. The summed E-state index contributed by atoms with van der Waals surface area (Å²) in [6.45, 7) is 4.96. The van der Waals surface area contributed by atoms with Crippen molar-refractivity contribution in [2.24, 2.45) is 0 Å². The standard InChI is InChI=1S/C14H16N2O3/c1-3-18-12-6-5-10(7-13(12)19-4-2)11-8-14(17)16-15-9-11/h5-9H,3-4H2,1-2H3,(H,16,17). The van der Waals surface area contributed by atoms with Gasteiger partial charge in [-0.1, -0.05) is 6.07 Å². The summed E-state index contributed by atoms with van der Waals surface area (Å²) in [6, 6.07) is 7.07. The van der Waals surface area contributed by atoms with Gasteiger partial charge < -0.3 is 9.47 Å². The lowest BCUT2D eigenvalue weighted by molar-refractivity contribution is 0.288. The Balaban J connectivity index is 2.42. The van der Waals surface area contributed by atoms with E-state index in [0.29, 0.717) is 24.7 Å². The van der Waals surface area contributed by atoms with Gasteiger partial charge in [0.1, 0.15) is 0 Å². The summed E-state index contributed by atoms with van der Waals surface area (Å²) in [6.07, 6.45) is 1.60. The highest BCUT2D eigenvalue weighted by atomic mass is 16.5. The second-order valence-electron chi connectivity index (χ2n) is 3.86. The molecular formula is C14H16N2O3. The third-order valence-electron chi connectivity index (χ3n) is 2.54. The number of H-pyrrole nitrogens is 1. The topological polar surface area (TPSA) is 64.2 Å². The smallest absolute Gasteiger partial charge is 0.264 e. The third-order valence-corrected chi connectivity index (χ3v) is 2.54. The zero-order valence-electron chi connectivity index (χ0n) is 11.0. The molecule has 0 unspecified atom stereocenters. The minimum Gasteiger partial charge on any atom is -0.490 e. The summed E-state index contributed by atoms with van der Waals surface area (Å²) in [5.74, 6) is 1.37. The summed E-state index contributed by atoms with van der Waals surface area (Å²) in [5.41, 5.74) is 1.38. The Bertz CT molecular complexity index is 608. The number of ether oxygens (including phenoxy) is 2. The van der Waals surface area contributed by atoms with Crippen molar-refractivity contribution < 1.29 is 9.47 Å². The maximum absolute atomic E-state index is 11.3. The number of rotatable bonds is 5. The average molecular weight is 260 g/mol. The summed E-state index contributed by atoms with van der Waals surface area (Å²) in [4.78, 5) is 11.3. The van der Waals surface area contributed by atoms with E-state index in [0.717, 1.165) is 11.1 Å². The van der Waals surface area contributed by atoms with E-state index in [1.165, 1.54) is 6.07 Å². The van der Waals surface area contributed by atoms with Gasteiger partial charge in [0.15, 0.2) is 11.5 Å². The molecule has 0 aliphatic rings. The van der Waals surface area contributed by atoms with Gasteiger partial charge in [-0.15, -0.1) is 0 Å². The van der Waals surface area contributed by atoms with Gasteiger partial charge in [-0.25, -0.2) is 5.10 Å². The van der Waals surface area contributed by atoms with Crippen molar-refractivity contribution in [3.8, 4) is 22.6 Å². The monoisotopic (exact) mass is 260 g/mol. The van der Waals surface area contributed by atoms with Gasteiger partial charge in [-0.3, -0.25) is 4.79 Å².